The molecule has 3 nitrogen and oxygen atoms in total. The first kappa shape index (κ1) is 14.9. The standard InChI is InChI=1S/C16H18BrNO2/c1-19-14-7-8-16(20-2)13(9-14)11-18-10-12-5-3-4-6-15(12)17/h3-9,18H,10-11H2,1-2H3. The molecule has 2 aromatic rings. The molecule has 0 fully saturated rings. The van der Waals surface area contributed by atoms with Crippen LogP contribution in [0.5, 0.6) is 11.5 Å². The second-order valence-electron chi connectivity index (χ2n) is 4.37. The fourth-order valence-electron chi connectivity index (χ4n) is 1.99. The Hall–Kier alpha value is -1.52. The molecule has 2 rings (SSSR count). The van der Waals surface area contributed by atoms with Crippen molar-refractivity contribution in [3.8, 4) is 11.5 Å². The van der Waals surface area contributed by atoms with Gasteiger partial charge in [0.05, 0.1) is 14.2 Å². The lowest BCUT2D eigenvalue weighted by molar-refractivity contribution is 0.397. The first-order chi connectivity index (χ1) is 9.74. The van der Waals surface area contributed by atoms with Crippen LogP contribution in [0.2, 0.25) is 0 Å². The minimum absolute atomic E-state index is 0.724. The van der Waals surface area contributed by atoms with Crippen molar-refractivity contribution in [2.75, 3.05) is 14.2 Å². The van der Waals surface area contributed by atoms with Crippen LogP contribution in [0.3, 0.4) is 0 Å². The molecule has 0 aliphatic rings. The SMILES string of the molecule is COc1ccc(OC)c(CNCc2ccccc2Br)c1. The lowest BCUT2D eigenvalue weighted by Crippen LogP contribution is -2.13. The Kier molecular flexibility index (Phi) is 5.44. The molecule has 2 aromatic carbocycles. The first-order valence-electron chi connectivity index (χ1n) is 6.39. The van der Waals surface area contributed by atoms with Gasteiger partial charge < -0.3 is 14.8 Å². The third-order valence-corrected chi connectivity index (χ3v) is 3.85. The second kappa shape index (κ2) is 7.31. The molecule has 0 saturated heterocycles. The van der Waals surface area contributed by atoms with E-state index in [9.17, 15) is 0 Å². The van der Waals surface area contributed by atoms with Gasteiger partial charge in [-0.15, -0.1) is 0 Å². The summed E-state index contributed by atoms with van der Waals surface area (Å²) in [6.07, 6.45) is 0. The molecule has 0 atom stereocenters. The van der Waals surface area contributed by atoms with Crippen LogP contribution in [0.4, 0.5) is 0 Å². The number of ether oxygens (including phenoxy) is 2. The number of methoxy groups -OCH3 is 2. The van der Waals surface area contributed by atoms with Gasteiger partial charge in [0.2, 0.25) is 0 Å². The van der Waals surface area contributed by atoms with Crippen LogP contribution in [0.15, 0.2) is 46.9 Å². The molecule has 4 heteroatoms. The van der Waals surface area contributed by atoms with Gasteiger partial charge in [0.25, 0.3) is 0 Å². The van der Waals surface area contributed by atoms with Gasteiger partial charge >= 0.3 is 0 Å². The maximum absolute atomic E-state index is 5.37. The fourth-order valence-corrected chi connectivity index (χ4v) is 2.42. The topological polar surface area (TPSA) is 30.5 Å². The number of nitrogens with one attached hydrogen (secondary N) is 1. The highest BCUT2D eigenvalue weighted by Gasteiger charge is 2.05. The third-order valence-electron chi connectivity index (χ3n) is 3.08. The zero-order chi connectivity index (χ0) is 14.4. The van der Waals surface area contributed by atoms with Crippen molar-refractivity contribution in [1.29, 1.82) is 0 Å². The van der Waals surface area contributed by atoms with Crippen molar-refractivity contribution in [2.24, 2.45) is 0 Å². The Morgan fingerprint density at radius 2 is 1.70 bits per heavy atom. The van der Waals surface area contributed by atoms with Crippen molar-refractivity contribution in [1.82, 2.24) is 5.32 Å². The van der Waals surface area contributed by atoms with Crippen molar-refractivity contribution in [3.63, 3.8) is 0 Å². The summed E-state index contributed by atoms with van der Waals surface area (Å²) in [7, 11) is 3.35. The van der Waals surface area contributed by atoms with E-state index in [0.717, 1.165) is 34.6 Å². The van der Waals surface area contributed by atoms with Gasteiger partial charge in [0.15, 0.2) is 0 Å². The third kappa shape index (κ3) is 3.74. The molecule has 1 N–H and O–H groups in total. The molecule has 0 saturated carbocycles. The van der Waals surface area contributed by atoms with Crippen molar-refractivity contribution in [2.45, 2.75) is 13.1 Å². The van der Waals surface area contributed by atoms with Gasteiger partial charge in [0, 0.05) is 23.1 Å². The predicted octanol–water partition coefficient (Wildman–Crippen LogP) is 3.76. The van der Waals surface area contributed by atoms with E-state index in [1.54, 1.807) is 14.2 Å². The average molecular weight is 336 g/mol. The minimum atomic E-state index is 0.724. The van der Waals surface area contributed by atoms with Crippen LogP contribution < -0.4 is 14.8 Å². The minimum Gasteiger partial charge on any atom is -0.497 e. The number of halogens is 1. The number of hydrogen-bond acceptors (Lipinski definition) is 3. The van der Waals surface area contributed by atoms with E-state index in [-0.39, 0.29) is 0 Å². The molecule has 0 aliphatic heterocycles. The largest absolute Gasteiger partial charge is 0.497 e. The van der Waals surface area contributed by atoms with Gasteiger partial charge in [-0.3, -0.25) is 0 Å². The monoisotopic (exact) mass is 335 g/mol. The Labute approximate surface area is 128 Å². The molecule has 0 radical (unpaired) electrons. The van der Waals surface area contributed by atoms with E-state index >= 15 is 0 Å². The van der Waals surface area contributed by atoms with E-state index < -0.39 is 0 Å². The van der Waals surface area contributed by atoms with Gasteiger partial charge in [-0.05, 0) is 29.8 Å². The normalized spacial score (nSPS) is 10.3. The molecule has 106 valence electrons. The van der Waals surface area contributed by atoms with Crippen molar-refractivity contribution >= 4 is 15.9 Å². The van der Waals surface area contributed by atoms with Crippen LogP contribution in [-0.4, -0.2) is 14.2 Å². The highest BCUT2D eigenvalue weighted by atomic mass is 79.9. The molecule has 0 unspecified atom stereocenters. The van der Waals surface area contributed by atoms with Gasteiger partial charge in [-0.25, -0.2) is 0 Å². The molecular weight excluding hydrogens is 318 g/mol. The molecule has 0 aromatic heterocycles. The van der Waals surface area contributed by atoms with Crippen molar-refractivity contribution < 1.29 is 9.47 Å². The van der Waals surface area contributed by atoms with E-state index in [0.29, 0.717) is 0 Å². The van der Waals surface area contributed by atoms with Crippen molar-refractivity contribution in [3.05, 3.63) is 58.1 Å². The summed E-state index contributed by atoms with van der Waals surface area (Å²) in [5.74, 6) is 1.70. The van der Waals surface area contributed by atoms with Gasteiger partial charge in [-0.2, -0.15) is 0 Å². The van der Waals surface area contributed by atoms with Gasteiger partial charge in [-0.1, -0.05) is 34.1 Å². The number of hydrogen-bond donors (Lipinski definition) is 1. The Balaban J connectivity index is 2.02. The Bertz CT molecular complexity index is 572. The van der Waals surface area contributed by atoms with Crippen LogP contribution in [0.25, 0.3) is 0 Å². The highest BCUT2D eigenvalue weighted by Crippen LogP contribution is 2.24. The molecule has 0 bridgehead atoms. The summed E-state index contributed by atoms with van der Waals surface area (Å²) in [5, 5.41) is 3.42. The maximum Gasteiger partial charge on any atom is 0.123 e. The second-order valence-corrected chi connectivity index (χ2v) is 5.23. The van der Waals surface area contributed by atoms with Crippen LogP contribution in [0.1, 0.15) is 11.1 Å². The van der Waals surface area contributed by atoms with Gasteiger partial charge in [0.1, 0.15) is 11.5 Å². The number of benzene rings is 2. The molecule has 0 heterocycles. The summed E-state index contributed by atoms with van der Waals surface area (Å²) < 4.78 is 11.7. The number of rotatable bonds is 6. The quantitative estimate of drug-likeness (QED) is 0.871. The fraction of sp³-hybridized carbons (Fsp3) is 0.250. The van der Waals surface area contributed by atoms with E-state index in [2.05, 4.69) is 27.3 Å². The summed E-state index contributed by atoms with van der Waals surface area (Å²) >= 11 is 3.55. The first-order valence-corrected chi connectivity index (χ1v) is 7.19. The molecule has 0 aliphatic carbocycles. The Morgan fingerprint density at radius 3 is 2.40 bits per heavy atom. The summed E-state index contributed by atoms with van der Waals surface area (Å²) in [6, 6.07) is 14.0. The predicted molar refractivity (Wildman–Crippen MR) is 84.2 cm³/mol. The molecule has 0 amide bonds. The summed E-state index contributed by atoms with van der Waals surface area (Å²) in [5.41, 5.74) is 2.31. The zero-order valence-electron chi connectivity index (χ0n) is 11.7. The lowest BCUT2D eigenvalue weighted by atomic mass is 10.1. The smallest absolute Gasteiger partial charge is 0.123 e. The highest BCUT2D eigenvalue weighted by molar-refractivity contribution is 9.10. The summed E-state index contributed by atoms with van der Waals surface area (Å²) in [6.45, 7) is 1.52. The molecule has 0 spiro atoms. The zero-order valence-corrected chi connectivity index (χ0v) is 13.2. The Morgan fingerprint density at radius 1 is 0.950 bits per heavy atom. The van der Waals surface area contributed by atoms with E-state index in [1.807, 2.05) is 36.4 Å². The maximum atomic E-state index is 5.37. The summed E-state index contributed by atoms with van der Waals surface area (Å²) in [4.78, 5) is 0. The van der Waals surface area contributed by atoms with Crippen LogP contribution in [-0.2, 0) is 13.1 Å². The molecule has 20 heavy (non-hydrogen) atoms. The molecular formula is C16H18BrNO2. The lowest BCUT2D eigenvalue weighted by Gasteiger charge is -2.12. The van der Waals surface area contributed by atoms with Crippen LogP contribution in [0, 0.1) is 0 Å². The van der Waals surface area contributed by atoms with Crippen LogP contribution >= 0.6 is 15.9 Å². The van der Waals surface area contributed by atoms with E-state index in [1.165, 1.54) is 5.56 Å². The average Bonchev–Trinajstić information content (AvgIpc) is 2.49. The van der Waals surface area contributed by atoms with E-state index in [4.69, 9.17) is 9.47 Å².